The number of nitrogens with one attached hydrogen (secondary N) is 1. The molecule has 37 heavy (non-hydrogen) atoms. The minimum atomic E-state index is 0.360. The Morgan fingerprint density at radius 1 is 0.973 bits per heavy atom. The van der Waals surface area contributed by atoms with E-state index < -0.39 is 0 Å². The van der Waals surface area contributed by atoms with Gasteiger partial charge < -0.3 is 14.6 Å². The van der Waals surface area contributed by atoms with Crippen LogP contribution in [0.2, 0.25) is 0 Å². The normalized spacial score (nSPS) is 19.2. The molecule has 2 atom stereocenters. The van der Waals surface area contributed by atoms with Crippen LogP contribution < -0.4 is 9.64 Å². The predicted molar refractivity (Wildman–Crippen MR) is 160 cm³/mol. The minimum absolute atomic E-state index is 0.360. The van der Waals surface area contributed by atoms with Crippen molar-refractivity contribution < 1.29 is 4.74 Å². The quantitative estimate of drug-likeness (QED) is 0.303. The van der Waals surface area contributed by atoms with Crippen molar-refractivity contribution in [1.82, 2.24) is 9.88 Å². The lowest BCUT2D eigenvalue weighted by molar-refractivity contribution is 0.237. The number of benzene rings is 2. The molecule has 1 saturated heterocycles. The van der Waals surface area contributed by atoms with E-state index in [0.29, 0.717) is 23.9 Å². The molecule has 5 nitrogen and oxygen atoms in total. The number of H-pyrrole nitrogens is 1. The maximum absolute atomic E-state index is 6.35. The van der Waals surface area contributed by atoms with Crippen molar-refractivity contribution >= 4 is 33.4 Å². The number of thioether (sulfide) groups is 1. The molecule has 1 aromatic heterocycles. The smallest absolute Gasteiger partial charge is 0.130 e. The standard InChI is InChI=1S/C31H42N4OS/c1-21(2)18-35(19-22(3)4)29-17-26(36-25-11-7-6-8-12-25)15-24-16-27(32-30(24)29)31-33-28(20-37-31)23(5)34-13-9-10-14-34/h6-8,11-12,15-17,21-23,28,32H,9-10,13-14,18-20H2,1-5H3. The van der Waals surface area contributed by atoms with Gasteiger partial charge in [-0.25, -0.2) is 0 Å². The predicted octanol–water partition coefficient (Wildman–Crippen LogP) is 7.42. The zero-order chi connectivity index (χ0) is 25.9. The van der Waals surface area contributed by atoms with Gasteiger partial charge in [0.1, 0.15) is 16.5 Å². The Kier molecular flexibility index (Phi) is 8.15. The van der Waals surface area contributed by atoms with Crippen LogP contribution in [0.25, 0.3) is 10.9 Å². The Balaban J connectivity index is 1.51. The fraction of sp³-hybridized carbons (Fsp3) is 0.516. The van der Waals surface area contributed by atoms with E-state index in [1.165, 1.54) is 42.5 Å². The Bertz CT molecular complexity index is 1200. The third-order valence-electron chi connectivity index (χ3n) is 7.35. The minimum Gasteiger partial charge on any atom is -0.457 e. The number of hydrogen-bond acceptors (Lipinski definition) is 5. The molecule has 0 spiro atoms. The topological polar surface area (TPSA) is 43.9 Å². The fourth-order valence-electron chi connectivity index (χ4n) is 5.58. The van der Waals surface area contributed by atoms with Crippen LogP contribution >= 0.6 is 11.8 Å². The molecule has 2 aliphatic rings. The van der Waals surface area contributed by atoms with Crippen LogP contribution in [0.5, 0.6) is 11.5 Å². The second-order valence-electron chi connectivity index (χ2n) is 11.5. The van der Waals surface area contributed by atoms with Gasteiger partial charge in [-0.3, -0.25) is 9.89 Å². The Morgan fingerprint density at radius 3 is 2.35 bits per heavy atom. The second kappa shape index (κ2) is 11.5. The Hall–Kier alpha value is -2.44. The van der Waals surface area contributed by atoms with Gasteiger partial charge >= 0.3 is 0 Å². The highest BCUT2D eigenvalue weighted by Gasteiger charge is 2.30. The van der Waals surface area contributed by atoms with Gasteiger partial charge in [0.05, 0.1) is 22.9 Å². The first-order chi connectivity index (χ1) is 17.9. The number of rotatable bonds is 10. The first-order valence-electron chi connectivity index (χ1n) is 14.0. The summed E-state index contributed by atoms with van der Waals surface area (Å²) in [4.78, 5) is 14.2. The zero-order valence-corrected chi connectivity index (χ0v) is 23.9. The molecule has 198 valence electrons. The van der Waals surface area contributed by atoms with Gasteiger partial charge in [0.2, 0.25) is 0 Å². The van der Waals surface area contributed by atoms with Gasteiger partial charge in [-0.1, -0.05) is 45.9 Å². The number of fused-ring (bicyclic) bond motifs is 1. The Morgan fingerprint density at radius 2 is 1.68 bits per heavy atom. The summed E-state index contributed by atoms with van der Waals surface area (Å²) in [6.45, 7) is 16.0. The second-order valence-corrected chi connectivity index (χ2v) is 12.5. The number of anilines is 1. The molecule has 6 heteroatoms. The molecule has 1 N–H and O–H groups in total. The number of aromatic nitrogens is 1. The van der Waals surface area contributed by atoms with Gasteiger partial charge in [0.25, 0.3) is 0 Å². The molecule has 0 aliphatic carbocycles. The summed E-state index contributed by atoms with van der Waals surface area (Å²) in [5.74, 6) is 3.91. The molecule has 2 aliphatic heterocycles. The van der Waals surface area contributed by atoms with E-state index in [4.69, 9.17) is 9.73 Å². The molecular weight excluding hydrogens is 476 g/mol. The fourth-order valence-corrected chi connectivity index (χ4v) is 6.73. The van der Waals surface area contributed by atoms with Crippen LogP contribution in [-0.2, 0) is 0 Å². The van der Waals surface area contributed by atoms with Crippen LogP contribution in [0, 0.1) is 11.8 Å². The summed E-state index contributed by atoms with van der Waals surface area (Å²) in [5.41, 5.74) is 3.52. The van der Waals surface area contributed by atoms with Crippen LogP contribution in [0.4, 0.5) is 5.69 Å². The molecular formula is C31H42N4OS. The van der Waals surface area contributed by atoms with Gasteiger partial charge in [-0.2, -0.15) is 0 Å². The average Bonchev–Trinajstić information content (AvgIpc) is 3.63. The highest BCUT2D eigenvalue weighted by atomic mass is 32.2. The van der Waals surface area contributed by atoms with Crippen molar-refractivity contribution in [3.05, 3.63) is 54.2 Å². The summed E-state index contributed by atoms with van der Waals surface area (Å²) in [7, 11) is 0. The Labute approximate surface area is 226 Å². The molecule has 5 rings (SSSR count). The van der Waals surface area contributed by atoms with Crippen molar-refractivity contribution in [2.45, 2.75) is 59.5 Å². The number of aromatic amines is 1. The lowest BCUT2D eigenvalue weighted by atomic mass is 10.1. The van der Waals surface area contributed by atoms with E-state index in [9.17, 15) is 0 Å². The summed E-state index contributed by atoms with van der Waals surface area (Å²) in [6, 6.07) is 17.6. The molecule has 3 heterocycles. The van der Waals surface area contributed by atoms with Crippen LogP contribution in [-0.4, -0.2) is 58.9 Å². The summed E-state index contributed by atoms with van der Waals surface area (Å²) in [6.07, 6.45) is 2.64. The lowest BCUT2D eigenvalue weighted by Crippen LogP contribution is -2.39. The van der Waals surface area contributed by atoms with Gasteiger partial charge in [-0.05, 0) is 69.0 Å². The lowest BCUT2D eigenvalue weighted by Gasteiger charge is -2.29. The van der Waals surface area contributed by atoms with Crippen molar-refractivity contribution in [1.29, 1.82) is 0 Å². The van der Waals surface area contributed by atoms with E-state index in [-0.39, 0.29) is 0 Å². The molecule has 1 fully saturated rings. The number of likely N-dealkylation sites (tertiary alicyclic amines) is 1. The first-order valence-corrected chi connectivity index (χ1v) is 15.0. The number of nitrogens with zero attached hydrogens (tertiary/aromatic N) is 3. The summed E-state index contributed by atoms with van der Waals surface area (Å²) >= 11 is 1.90. The van der Waals surface area contributed by atoms with Crippen LogP contribution in [0.1, 0.15) is 53.2 Å². The highest BCUT2D eigenvalue weighted by molar-refractivity contribution is 8.14. The number of para-hydroxylation sites is 1. The maximum atomic E-state index is 6.35. The zero-order valence-electron chi connectivity index (χ0n) is 23.0. The largest absolute Gasteiger partial charge is 0.457 e. The van der Waals surface area contributed by atoms with Gasteiger partial charge in [-0.15, -0.1) is 11.8 Å². The van der Waals surface area contributed by atoms with Crippen LogP contribution in [0.3, 0.4) is 0 Å². The molecule has 0 amide bonds. The van der Waals surface area contributed by atoms with Crippen molar-refractivity contribution in [2.24, 2.45) is 16.8 Å². The molecule has 0 bridgehead atoms. The number of hydrogen-bond donors (Lipinski definition) is 1. The van der Waals surface area contributed by atoms with Crippen molar-refractivity contribution in [2.75, 3.05) is 36.8 Å². The van der Waals surface area contributed by atoms with E-state index in [1.54, 1.807) is 0 Å². The summed E-state index contributed by atoms with van der Waals surface area (Å²) in [5, 5.41) is 2.32. The molecule has 0 radical (unpaired) electrons. The SMILES string of the molecule is CC(C)CN(CC(C)C)c1cc(Oc2ccccc2)cc2cc(C3=NC(C(C)N4CCCC4)CS3)[nH]c12. The molecule has 2 aromatic carbocycles. The van der Waals surface area contributed by atoms with E-state index in [2.05, 4.69) is 67.6 Å². The highest BCUT2D eigenvalue weighted by Crippen LogP contribution is 2.37. The molecule has 2 unspecified atom stereocenters. The number of ether oxygens (including phenoxy) is 1. The third kappa shape index (κ3) is 6.18. The van der Waals surface area contributed by atoms with Gasteiger partial charge in [0.15, 0.2) is 0 Å². The average molecular weight is 519 g/mol. The first kappa shape index (κ1) is 26.2. The van der Waals surface area contributed by atoms with Crippen molar-refractivity contribution in [3.63, 3.8) is 0 Å². The maximum Gasteiger partial charge on any atom is 0.130 e. The van der Waals surface area contributed by atoms with E-state index in [0.717, 1.165) is 41.1 Å². The third-order valence-corrected chi connectivity index (χ3v) is 8.46. The summed E-state index contributed by atoms with van der Waals surface area (Å²) < 4.78 is 6.35. The van der Waals surface area contributed by atoms with Gasteiger partial charge in [0, 0.05) is 36.3 Å². The van der Waals surface area contributed by atoms with Crippen LogP contribution in [0.15, 0.2) is 53.5 Å². The molecule has 3 aromatic rings. The van der Waals surface area contributed by atoms with E-state index >= 15 is 0 Å². The molecule has 0 saturated carbocycles. The van der Waals surface area contributed by atoms with E-state index in [1.807, 2.05) is 42.1 Å². The van der Waals surface area contributed by atoms with Crippen molar-refractivity contribution in [3.8, 4) is 11.5 Å². The number of aliphatic imine (C=N–C) groups is 1. The monoisotopic (exact) mass is 518 g/mol.